The maximum absolute atomic E-state index is 11.6. The number of hydrogen-bond donors (Lipinski definition) is 3. The van der Waals surface area contributed by atoms with Crippen LogP contribution in [0.25, 0.3) is 0 Å². The molecule has 1 amide bonds. The van der Waals surface area contributed by atoms with Gasteiger partial charge in [-0.3, -0.25) is 4.79 Å². The Hall–Kier alpha value is -1.74. The van der Waals surface area contributed by atoms with E-state index in [2.05, 4.69) is 10.6 Å². The molecule has 17 heavy (non-hydrogen) atoms. The number of nitrogens with zero attached hydrogens (tertiary/aromatic N) is 1. The van der Waals surface area contributed by atoms with Crippen LogP contribution in [-0.2, 0) is 0 Å². The summed E-state index contributed by atoms with van der Waals surface area (Å²) in [5, 5.41) is 15.4. The Kier molecular flexibility index (Phi) is 4.35. The number of nitrogens with two attached hydrogens (primary N) is 1. The molecule has 92 valence electrons. The summed E-state index contributed by atoms with van der Waals surface area (Å²) < 4.78 is 0. The summed E-state index contributed by atoms with van der Waals surface area (Å²) in [4.78, 5) is 11.9. The quantitative estimate of drug-likeness (QED) is 0.761. The van der Waals surface area contributed by atoms with Crippen molar-refractivity contribution in [2.75, 3.05) is 18.1 Å². The van der Waals surface area contributed by atoms with Crippen LogP contribution in [0, 0.1) is 11.3 Å². The van der Waals surface area contributed by atoms with E-state index in [0.717, 1.165) is 6.42 Å². The van der Waals surface area contributed by atoms with Crippen LogP contribution in [-0.4, -0.2) is 19.0 Å². The fourth-order valence-electron chi connectivity index (χ4n) is 1.26. The van der Waals surface area contributed by atoms with Gasteiger partial charge < -0.3 is 16.4 Å². The van der Waals surface area contributed by atoms with E-state index in [4.69, 9.17) is 11.0 Å². The SMILES string of the molecule is CCC(C)Nc1sc(C(=O)NC)c(N)c1C#N. The standard InChI is InChI=1S/C11H16N4OS/c1-4-6(2)15-11-7(5-12)8(13)9(17-11)10(16)14-3/h6,15H,4,13H2,1-3H3,(H,14,16). The predicted molar refractivity (Wildman–Crippen MR) is 70.2 cm³/mol. The van der Waals surface area contributed by atoms with Crippen LogP contribution in [0.5, 0.6) is 0 Å². The van der Waals surface area contributed by atoms with Gasteiger partial charge in [-0.05, 0) is 13.3 Å². The zero-order chi connectivity index (χ0) is 13.0. The summed E-state index contributed by atoms with van der Waals surface area (Å²) in [5.74, 6) is -0.263. The number of thiophene rings is 1. The van der Waals surface area contributed by atoms with Gasteiger partial charge in [0.25, 0.3) is 5.91 Å². The van der Waals surface area contributed by atoms with Crippen LogP contribution in [0.3, 0.4) is 0 Å². The lowest BCUT2D eigenvalue weighted by Gasteiger charge is -2.10. The van der Waals surface area contributed by atoms with Crippen LogP contribution in [0.15, 0.2) is 0 Å². The normalized spacial score (nSPS) is 11.6. The molecule has 1 atom stereocenters. The Balaban J connectivity index is 3.15. The number of nitrogens with one attached hydrogen (secondary N) is 2. The molecule has 1 heterocycles. The summed E-state index contributed by atoms with van der Waals surface area (Å²) >= 11 is 1.22. The van der Waals surface area contributed by atoms with Gasteiger partial charge in [-0.1, -0.05) is 6.92 Å². The number of nitrogen functional groups attached to an aromatic ring is 1. The minimum Gasteiger partial charge on any atom is -0.396 e. The van der Waals surface area contributed by atoms with E-state index in [1.54, 1.807) is 0 Å². The highest BCUT2D eigenvalue weighted by atomic mass is 32.1. The molecular formula is C11H16N4OS. The van der Waals surface area contributed by atoms with Gasteiger partial charge in [-0.25, -0.2) is 0 Å². The van der Waals surface area contributed by atoms with Gasteiger partial charge in [0, 0.05) is 13.1 Å². The van der Waals surface area contributed by atoms with Crippen molar-refractivity contribution in [2.45, 2.75) is 26.3 Å². The first-order valence-corrected chi connectivity index (χ1v) is 6.17. The largest absolute Gasteiger partial charge is 0.396 e. The third-order valence-electron chi connectivity index (χ3n) is 2.48. The predicted octanol–water partition coefficient (Wildman–Crippen LogP) is 1.77. The second kappa shape index (κ2) is 5.55. The highest BCUT2D eigenvalue weighted by Gasteiger charge is 2.20. The van der Waals surface area contributed by atoms with Gasteiger partial charge in [0.1, 0.15) is 21.5 Å². The van der Waals surface area contributed by atoms with E-state index in [-0.39, 0.29) is 17.6 Å². The summed E-state index contributed by atoms with van der Waals surface area (Å²) in [6.07, 6.45) is 0.929. The smallest absolute Gasteiger partial charge is 0.263 e. The highest BCUT2D eigenvalue weighted by Crippen LogP contribution is 2.35. The molecule has 1 unspecified atom stereocenters. The molecule has 0 aromatic carbocycles. The number of amides is 1. The molecule has 0 aliphatic heterocycles. The van der Waals surface area contributed by atoms with Crippen LogP contribution < -0.4 is 16.4 Å². The molecule has 0 aliphatic carbocycles. The Bertz CT molecular complexity index is 461. The molecule has 0 aliphatic rings. The molecule has 6 heteroatoms. The maximum atomic E-state index is 11.6. The number of anilines is 2. The van der Waals surface area contributed by atoms with Crippen molar-refractivity contribution in [1.29, 1.82) is 5.26 Å². The molecule has 0 spiro atoms. The van der Waals surface area contributed by atoms with Gasteiger partial charge in [0.15, 0.2) is 0 Å². The van der Waals surface area contributed by atoms with Crippen molar-refractivity contribution in [3.05, 3.63) is 10.4 Å². The molecular weight excluding hydrogens is 236 g/mol. The Morgan fingerprint density at radius 3 is 2.76 bits per heavy atom. The first kappa shape index (κ1) is 13.3. The van der Waals surface area contributed by atoms with Crippen molar-refractivity contribution in [3.63, 3.8) is 0 Å². The van der Waals surface area contributed by atoms with Gasteiger partial charge in [0.2, 0.25) is 0 Å². The fraction of sp³-hybridized carbons (Fsp3) is 0.455. The molecule has 1 rings (SSSR count). The lowest BCUT2D eigenvalue weighted by molar-refractivity contribution is 0.0968. The number of carbonyl (C=O) groups excluding carboxylic acids is 1. The van der Waals surface area contributed by atoms with E-state index < -0.39 is 0 Å². The molecule has 0 bridgehead atoms. The molecule has 1 aromatic heterocycles. The third-order valence-corrected chi connectivity index (χ3v) is 3.62. The lowest BCUT2D eigenvalue weighted by atomic mass is 10.2. The first-order chi connectivity index (χ1) is 8.04. The van der Waals surface area contributed by atoms with Crippen molar-refractivity contribution in [2.24, 2.45) is 0 Å². The zero-order valence-corrected chi connectivity index (χ0v) is 10.9. The summed E-state index contributed by atoms with van der Waals surface area (Å²) in [5.41, 5.74) is 6.40. The van der Waals surface area contributed by atoms with Crippen molar-refractivity contribution >= 4 is 27.9 Å². The van der Waals surface area contributed by atoms with Gasteiger partial charge in [-0.2, -0.15) is 5.26 Å². The van der Waals surface area contributed by atoms with E-state index in [1.165, 1.54) is 18.4 Å². The monoisotopic (exact) mass is 252 g/mol. The van der Waals surface area contributed by atoms with Gasteiger partial charge in [0.05, 0.1) is 5.69 Å². The van der Waals surface area contributed by atoms with Crippen molar-refractivity contribution in [1.82, 2.24) is 5.32 Å². The zero-order valence-electron chi connectivity index (χ0n) is 10.1. The second-order valence-corrected chi connectivity index (χ2v) is 4.71. The summed E-state index contributed by atoms with van der Waals surface area (Å²) in [7, 11) is 1.54. The number of nitriles is 1. The molecule has 0 saturated heterocycles. The maximum Gasteiger partial charge on any atom is 0.263 e. The van der Waals surface area contributed by atoms with E-state index >= 15 is 0 Å². The van der Waals surface area contributed by atoms with Gasteiger partial charge in [-0.15, -0.1) is 11.3 Å². The Labute approximate surface area is 105 Å². The number of rotatable bonds is 4. The van der Waals surface area contributed by atoms with E-state index in [0.29, 0.717) is 15.4 Å². The molecule has 1 aromatic rings. The first-order valence-electron chi connectivity index (χ1n) is 5.36. The molecule has 5 nitrogen and oxygen atoms in total. The minimum absolute atomic E-state index is 0.234. The van der Waals surface area contributed by atoms with Crippen molar-refractivity contribution in [3.8, 4) is 6.07 Å². The Morgan fingerprint density at radius 2 is 2.29 bits per heavy atom. The summed E-state index contributed by atoms with van der Waals surface area (Å²) in [6.45, 7) is 4.05. The van der Waals surface area contributed by atoms with Crippen LogP contribution in [0.2, 0.25) is 0 Å². The van der Waals surface area contributed by atoms with E-state index in [9.17, 15) is 4.79 Å². The topological polar surface area (TPSA) is 90.9 Å². The Morgan fingerprint density at radius 1 is 1.65 bits per heavy atom. The van der Waals surface area contributed by atoms with Gasteiger partial charge >= 0.3 is 0 Å². The molecule has 0 saturated carbocycles. The molecule has 0 radical (unpaired) electrons. The number of carbonyl (C=O) groups is 1. The van der Waals surface area contributed by atoms with Crippen molar-refractivity contribution < 1.29 is 4.79 Å². The second-order valence-electron chi connectivity index (χ2n) is 3.69. The van der Waals surface area contributed by atoms with Crippen LogP contribution >= 0.6 is 11.3 Å². The van der Waals surface area contributed by atoms with Crippen LogP contribution in [0.1, 0.15) is 35.5 Å². The molecule has 0 fully saturated rings. The average Bonchev–Trinajstić information content (AvgIpc) is 2.64. The number of hydrogen-bond acceptors (Lipinski definition) is 5. The fourth-order valence-corrected chi connectivity index (χ4v) is 2.39. The average molecular weight is 252 g/mol. The van der Waals surface area contributed by atoms with E-state index in [1.807, 2.05) is 19.9 Å². The third kappa shape index (κ3) is 2.68. The summed E-state index contributed by atoms with van der Waals surface area (Å²) in [6, 6.07) is 2.27. The molecule has 4 N–H and O–H groups in total. The minimum atomic E-state index is -0.263. The lowest BCUT2D eigenvalue weighted by Crippen LogP contribution is -2.17. The highest BCUT2D eigenvalue weighted by molar-refractivity contribution is 7.18. The van der Waals surface area contributed by atoms with Crippen LogP contribution in [0.4, 0.5) is 10.7 Å².